The Kier molecular flexibility index (Phi) is 6.36. The van der Waals surface area contributed by atoms with Crippen LogP contribution in [0, 0.1) is 0 Å². The summed E-state index contributed by atoms with van der Waals surface area (Å²) in [7, 11) is -2.01. The van der Waals surface area contributed by atoms with Gasteiger partial charge in [0.1, 0.15) is 5.84 Å². The second kappa shape index (κ2) is 8.31. The quantitative estimate of drug-likeness (QED) is 0.742. The highest BCUT2D eigenvalue weighted by atomic mass is 32.2. The highest BCUT2D eigenvalue weighted by Gasteiger charge is 2.30. The molecule has 0 bridgehead atoms. The number of carbonyl (C=O) groups is 2. The first-order valence-electron chi connectivity index (χ1n) is 8.48. The van der Waals surface area contributed by atoms with Crippen molar-refractivity contribution in [3.05, 3.63) is 29.8 Å². The van der Waals surface area contributed by atoms with Crippen molar-refractivity contribution in [2.75, 3.05) is 33.2 Å². The number of amidine groups is 1. The zero-order chi connectivity index (χ0) is 19.3. The molecule has 0 fully saturated rings. The van der Waals surface area contributed by atoms with E-state index in [0.29, 0.717) is 18.7 Å². The van der Waals surface area contributed by atoms with Crippen LogP contribution in [-0.2, 0) is 19.6 Å². The normalized spacial score (nSPS) is 16.0. The number of amides is 2. The minimum Gasteiger partial charge on any atom is -0.342 e. The smallest absolute Gasteiger partial charge is 0.263 e. The van der Waals surface area contributed by atoms with Crippen LogP contribution in [0.25, 0.3) is 0 Å². The lowest BCUT2D eigenvalue weighted by atomic mass is 10.2. The largest absolute Gasteiger partial charge is 0.342 e. The lowest BCUT2D eigenvalue weighted by molar-refractivity contribution is -0.139. The number of hydrogen-bond acceptors (Lipinski definition) is 5. The maximum absolute atomic E-state index is 12.2. The molecule has 9 heteroatoms. The molecule has 0 saturated carbocycles. The van der Waals surface area contributed by atoms with E-state index >= 15 is 0 Å². The monoisotopic (exact) mass is 380 g/mol. The predicted octanol–water partition coefficient (Wildman–Crippen LogP) is 0.442. The SMILES string of the molecule is CCN(CC)C(=O)CN(C)C(=O)CCN=C1NS(=O)(=O)c2ccccc21. The number of fused-ring (bicyclic) bond motifs is 1. The summed E-state index contributed by atoms with van der Waals surface area (Å²) in [6.45, 7) is 5.14. The number of benzene rings is 1. The van der Waals surface area contributed by atoms with Gasteiger partial charge in [0.25, 0.3) is 10.0 Å². The van der Waals surface area contributed by atoms with Gasteiger partial charge >= 0.3 is 0 Å². The predicted molar refractivity (Wildman–Crippen MR) is 98.3 cm³/mol. The third-order valence-corrected chi connectivity index (χ3v) is 5.57. The van der Waals surface area contributed by atoms with Crippen molar-refractivity contribution in [3.63, 3.8) is 0 Å². The fourth-order valence-electron chi connectivity index (χ4n) is 2.67. The molecule has 26 heavy (non-hydrogen) atoms. The molecule has 1 aromatic carbocycles. The molecule has 8 nitrogen and oxygen atoms in total. The molecule has 0 atom stereocenters. The van der Waals surface area contributed by atoms with Gasteiger partial charge in [0.2, 0.25) is 11.8 Å². The van der Waals surface area contributed by atoms with E-state index in [4.69, 9.17) is 0 Å². The molecule has 1 aliphatic rings. The van der Waals surface area contributed by atoms with Gasteiger partial charge < -0.3 is 9.80 Å². The van der Waals surface area contributed by atoms with Gasteiger partial charge in [0.05, 0.1) is 18.0 Å². The minimum atomic E-state index is -3.58. The summed E-state index contributed by atoms with van der Waals surface area (Å²) < 4.78 is 26.4. The fourth-order valence-corrected chi connectivity index (χ4v) is 3.92. The molecule has 2 amide bonds. The molecule has 2 rings (SSSR count). The van der Waals surface area contributed by atoms with Crippen molar-refractivity contribution < 1.29 is 18.0 Å². The van der Waals surface area contributed by atoms with E-state index in [1.807, 2.05) is 13.8 Å². The van der Waals surface area contributed by atoms with Gasteiger partial charge in [-0.3, -0.25) is 19.3 Å². The van der Waals surface area contributed by atoms with Gasteiger partial charge in [-0.05, 0) is 26.0 Å². The molecule has 0 spiro atoms. The third-order valence-electron chi connectivity index (χ3n) is 4.17. The Bertz CT molecular complexity index is 816. The van der Waals surface area contributed by atoms with Gasteiger partial charge in [-0.15, -0.1) is 0 Å². The van der Waals surface area contributed by atoms with E-state index in [2.05, 4.69) is 9.71 Å². The molecule has 0 unspecified atom stereocenters. The molecule has 0 radical (unpaired) electrons. The van der Waals surface area contributed by atoms with Gasteiger partial charge in [-0.1, -0.05) is 12.1 Å². The zero-order valence-electron chi connectivity index (χ0n) is 15.2. The molecule has 1 heterocycles. The summed E-state index contributed by atoms with van der Waals surface area (Å²) in [6, 6.07) is 6.56. The fraction of sp³-hybridized carbons (Fsp3) is 0.471. The highest BCUT2D eigenvalue weighted by Crippen LogP contribution is 2.22. The van der Waals surface area contributed by atoms with Crippen molar-refractivity contribution in [3.8, 4) is 0 Å². The third kappa shape index (κ3) is 4.40. The Balaban J connectivity index is 1.94. The van der Waals surface area contributed by atoms with Crippen molar-refractivity contribution in [1.82, 2.24) is 14.5 Å². The summed E-state index contributed by atoms with van der Waals surface area (Å²) in [5.41, 5.74) is 0.505. The molecule has 0 saturated heterocycles. The van der Waals surface area contributed by atoms with Crippen LogP contribution in [0.5, 0.6) is 0 Å². The number of nitrogens with zero attached hydrogens (tertiary/aromatic N) is 3. The Hall–Kier alpha value is -2.42. The Morgan fingerprint density at radius 3 is 2.42 bits per heavy atom. The van der Waals surface area contributed by atoms with E-state index in [-0.39, 0.29) is 42.1 Å². The maximum Gasteiger partial charge on any atom is 0.263 e. The van der Waals surface area contributed by atoms with Crippen LogP contribution in [0.2, 0.25) is 0 Å². The Morgan fingerprint density at radius 2 is 1.77 bits per heavy atom. The van der Waals surface area contributed by atoms with Crippen molar-refractivity contribution in [1.29, 1.82) is 0 Å². The lowest BCUT2D eigenvalue weighted by Gasteiger charge is -2.23. The summed E-state index contributed by atoms with van der Waals surface area (Å²) in [4.78, 5) is 31.6. The van der Waals surface area contributed by atoms with Gasteiger partial charge in [0, 0.05) is 32.1 Å². The minimum absolute atomic E-state index is 0.0204. The average Bonchev–Trinajstić information content (AvgIpc) is 2.87. The van der Waals surface area contributed by atoms with E-state index in [0.717, 1.165) is 0 Å². The van der Waals surface area contributed by atoms with Crippen LogP contribution in [0.4, 0.5) is 0 Å². The van der Waals surface area contributed by atoms with Gasteiger partial charge in [-0.25, -0.2) is 8.42 Å². The Morgan fingerprint density at radius 1 is 1.12 bits per heavy atom. The molecular formula is C17H24N4O4S. The van der Waals surface area contributed by atoms with Crippen molar-refractivity contribution in [2.45, 2.75) is 25.2 Å². The van der Waals surface area contributed by atoms with E-state index in [9.17, 15) is 18.0 Å². The standard InChI is InChI=1S/C17H24N4O4S/c1-4-21(5-2)16(23)12-20(3)15(22)10-11-18-17-13-8-6-7-9-14(13)26(24,25)19-17/h6-9H,4-5,10-12H2,1-3H3,(H,18,19). The van der Waals surface area contributed by atoms with E-state index < -0.39 is 10.0 Å². The molecule has 1 aliphatic heterocycles. The second-order valence-electron chi connectivity index (χ2n) is 5.90. The van der Waals surface area contributed by atoms with Crippen LogP contribution in [0.1, 0.15) is 25.8 Å². The number of aliphatic imine (C=N–C) groups is 1. The van der Waals surface area contributed by atoms with Crippen LogP contribution < -0.4 is 4.72 Å². The summed E-state index contributed by atoms with van der Waals surface area (Å²) >= 11 is 0. The van der Waals surface area contributed by atoms with Crippen LogP contribution >= 0.6 is 0 Å². The maximum atomic E-state index is 12.2. The van der Waals surface area contributed by atoms with Crippen molar-refractivity contribution in [2.24, 2.45) is 4.99 Å². The number of nitrogens with one attached hydrogen (secondary N) is 1. The first-order chi connectivity index (χ1) is 12.3. The molecular weight excluding hydrogens is 356 g/mol. The molecule has 142 valence electrons. The van der Waals surface area contributed by atoms with Crippen LogP contribution in [0.15, 0.2) is 34.2 Å². The number of hydrogen-bond donors (Lipinski definition) is 1. The van der Waals surface area contributed by atoms with E-state index in [1.54, 1.807) is 30.1 Å². The molecule has 1 aromatic rings. The van der Waals surface area contributed by atoms with Crippen LogP contribution in [-0.4, -0.2) is 69.1 Å². The summed E-state index contributed by atoms with van der Waals surface area (Å²) in [5, 5.41) is 0. The zero-order valence-corrected chi connectivity index (χ0v) is 16.0. The lowest BCUT2D eigenvalue weighted by Crippen LogP contribution is -2.41. The second-order valence-corrected chi connectivity index (χ2v) is 7.55. The Labute approximate surface area is 153 Å². The highest BCUT2D eigenvalue weighted by molar-refractivity contribution is 7.90. The van der Waals surface area contributed by atoms with Gasteiger partial charge in [0.15, 0.2) is 0 Å². The van der Waals surface area contributed by atoms with Crippen LogP contribution in [0.3, 0.4) is 0 Å². The molecule has 1 N–H and O–H groups in total. The number of carbonyl (C=O) groups excluding carboxylic acids is 2. The first-order valence-corrected chi connectivity index (χ1v) is 9.96. The van der Waals surface area contributed by atoms with Gasteiger partial charge in [-0.2, -0.15) is 0 Å². The molecule has 0 aromatic heterocycles. The summed E-state index contributed by atoms with van der Waals surface area (Å²) in [6.07, 6.45) is 0.0927. The topological polar surface area (TPSA) is 99.2 Å². The average molecular weight is 380 g/mol. The first kappa shape index (κ1) is 19.9. The number of sulfonamides is 1. The molecule has 0 aliphatic carbocycles. The number of likely N-dealkylation sites (N-methyl/N-ethyl adjacent to an activating group) is 2. The summed E-state index contributed by atoms with van der Waals surface area (Å²) in [5.74, 6) is -0.0751. The van der Waals surface area contributed by atoms with Crippen molar-refractivity contribution >= 4 is 27.7 Å². The number of rotatable bonds is 7. The van der Waals surface area contributed by atoms with E-state index in [1.165, 1.54) is 11.0 Å².